The minimum absolute atomic E-state index is 0.00987. The van der Waals surface area contributed by atoms with Crippen LogP contribution in [0.2, 0.25) is 0 Å². The molecular formula is C24H44O9S2-2. The Balaban J connectivity index is 4.10. The molecule has 0 aromatic rings. The van der Waals surface area contributed by atoms with E-state index < -0.39 is 32.7 Å². The summed E-state index contributed by atoms with van der Waals surface area (Å²) in [5.41, 5.74) is 0. The fourth-order valence-electron chi connectivity index (χ4n) is 3.49. The first-order chi connectivity index (χ1) is 16.6. The van der Waals surface area contributed by atoms with E-state index in [1.807, 2.05) is 13.8 Å². The number of ether oxygens (including phenoxy) is 3. The molecule has 0 aliphatic rings. The molecule has 0 aliphatic heterocycles. The van der Waals surface area contributed by atoms with Crippen molar-refractivity contribution in [3.8, 4) is 0 Å². The molecule has 35 heavy (non-hydrogen) atoms. The molecule has 0 spiro atoms. The van der Waals surface area contributed by atoms with Crippen molar-refractivity contribution in [2.24, 2.45) is 11.8 Å². The predicted octanol–water partition coefficient (Wildman–Crippen LogP) is 3.10. The molecule has 0 N–H and O–H groups in total. The van der Waals surface area contributed by atoms with Crippen LogP contribution >= 0.6 is 0 Å². The topological polar surface area (TPSA) is 142 Å². The zero-order valence-electron chi connectivity index (χ0n) is 21.7. The molecule has 0 aromatic carbocycles. The van der Waals surface area contributed by atoms with Crippen LogP contribution in [0.4, 0.5) is 0 Å². The van der Waals surface area contributed by atoms with E-state index in [9.17, 15) is 27.1 Å². The molecule has 9 nitrogen and oxygen atoms in total. The van der Waals surface area contributed by atoms with Crippen molar-refractivity contribution < 1.29 is 41.3 Å². The summed E-state index contributed by atoms with van der Waals surface area (Å²) in [6.07, 6.45) is 4.83. The first kappa shape index (κ1) is 34.4. The molecule has 0 rings (SSSR count). The monoisotopic (exact) mass is 540 g/mol. The van der Waals surface area contributed by atoms with Gasteiger partial charge in [0.15, 0.2) is 0 Å². The number of Topliss-reactive ketones (excluding diaryl/α,β-unsaturated/α-hetero) is 2. The van der Waals surface area contributed by atoms with Gasteiger partial charge in [-0.25, -0.2) is 0 Å². The van der Waals surface area contributed by atoms with Crippen molar-refractivity contribution in [2.75, 3.05) is 39.6 Å². The van der Waals surface area contributed by atoms with Gasteiger partial charge in [-0.1, -0.05) is 40.5 Å². The lowest BCUT2D eigenvalue weighted by Gasteiger charge is -2.26. The highest BCUT2D eigenvalue weighted by molar-refractivity contribution is 7.80. The maximum Gasteiger partial charge on any atom is 0.133 e. The maximum atomic E-state index is 11.9. The summed E-state index contributed by atoms with van der Waals surface area (Å²) in [7, 11) is 0. The third-order valence-electron chi connectivity index (χ3n) is 5.79. The zero-order chi connectivity index (χ0) is 26.6. The number of carbonyl (C=O) groups excluding carboxylic acids is 2. The molecule has 11 heteroatoms. The summed E-state index contributed by atoms with van der Waals surface area (Å²) < 4.78 is 62.4. The standard InChI is InChI=1S/C24H46O9S2/c1-5-7-9-21(25)15-19(3)23(34(27)28)17-32-13-11-31-12-14-33-18-24(35(29)30)20(4)16-22(26)10-8-6-2/h19-20,23-24H,5-18H2,1-4H3,(H,27,28)(H,29,30)/p-2. The van der Waals surface area contributed by atoms with Crippen LogP contribution in [0.1, 0.15) is 79.1 Å². The normalized spacial score (nSPS) is 16.9. The zero-order valence-corrected chi connectivity index (χ0v) is 23.3. The summed E-state index contributed by atoms with van der Waals surface area (Å²) in [5, 5.41) is -1.52. The summed E-state index contributed by atoms with van der Waals surface area (Å²) in [6, 6.07) is 0. The summed E-state index contributed by atoms with van der Waals surface area (Å²) in [5.74, 6) is -0.510. The van der Waals surface area contributed by atoms with Crippen molar-refractivity contribution in [2.45, 2.75) is 89.6 Å². The molecule has 0 heterocycles. The minimum atomic E-state index is -2.35. The van der Waals surface area contributed by atoms with Gasteiger partial charge in [-0.2, -0.15) is 0 Å². The Labute approximate surface area is 216 Å². The molecule has 0 fully saturated rings. The Morgan fingerprint density at radius 2 is 1.03 bits per heavy atom. The highest BCUT2D eigenvalue weighted by Gasteiger charge is 2.22. The van der Waals surface area contributed by atoms with Gasteiger partial charge in [0.05, 0.1) is 39.6 Å². The number of ketones is 2. The van der Waals surface area contributed by atoms with Crippen molar-refractivity contribution in [3.05, 3.63) is 0 Å². The maximum absolute atomic E-state index is 11.9. The molecule has 6 atom stereocenters. The summed E-state index contributed by atoms with van der Waals surface area (Å²) in [6.45, 7) is 8.29. The predicted molar refractivity (Wildman–Crippen MR) is 134 cm³/mol. The highest BCUT2D eigenvalue weighted by Crippen LogP contribution is 2.17. The lowest BCUT2D eigenvalue weighted by atomic mass is 9.98. The molecule has 0 aromatic heterocycles. The fourth-order valence-corrected chi connectivity index (χ4v) is 4.85. The van der Waals surface area contributed by atoms with Crippen LogP contribution < -0.4 is 0 Å². The summed E-state index contributed by atoms with van der Waals surface area (Å²) >= 11 is -4.69. The van der Waals surface area contributed by atoms with Gasteiger partial charge in [0.1, 0.15) is 11.6 Å². The SMILES string of the molecule is CCCCC(=O)CC(C)C(COCCOCCOCC(C(C)CC(=O)CCCC)S(=O)[O-])S(=O)[O-]. The van der Waals surface area contributed by atoms with Gasteiger partial charge in [-0.05, 0) is 46.8 Å². The second-order valence-electron chi connectivity index (χ2n) is 9.01. The van der Waals surface area contributed by atoms with Gasteiger partial charge in [-0.15, -0.1) is 0 Å². The molecular weight excluding hydrogens is 496 g/mol. The number of rotatable bonds is 24. The number of carbonyl (C=O) groups is 2. The first-order valence-electron chi connectivity index (χ1n) is 12.6. The van der Waals surface area contributed by atoms with Gasteiger partial charge in [0.2, 0.25) is 0 Å². The lowest BCUT2D eigenvalue weighted by Crippen LogP contribution is -2.31. The third kappa shape index (κ3) is 17.5. The van der Waals surface area contributed by atoms with Crippen LogP contribution in [0.5, 0.6) is 0 Å². The van der Waals surface area contributed by atoms with Gasteiger partial charge < -0.3 is 23.3 Å². The van der Waals surface area contributed by atoms with Gasteiger partial charge in [0.25, 0.3) is 0 Å². The Kier molecular flexibility index (Phi) is 21.2. The molecule has 208 valence electrons. The largest absolute Gasteiger partial charge is 0.772 e. The van der Waals surface area contributed by atoms with E-state index >= 15 is 0 Å². The van der Waals surface area contributed by atoms with E-state index in [0.717, 1.165) is 25.7 Å². The third-order valence-corrected chi connectivity index (χ3v) is 7.98. The Morgan fingerprint density at radius 3 is 1.34 bits per heavy atom. The quantitative estimate of drug-likeness (QED) is 0.133. The Morgan fingerprint density at radius 1 is 0.686 bits per heavy atom. The lowest BCUT2D eigenvalue weighted by molar-refractivity contribution is -0.120. The molecule has 0 saturated heterocycles. The summed E-state index contributed by atoms with van der Waals surface area (Å²) in [4.78, 5) is 23.8. The van der Waals surface area contributed by atoms with Crippen LogP contribution in [0, 0.1) is 11.8 Å². The van der Waals surface area contributed by atoms with Gasteiger partial charge in [-0.3, -0.25) is 18.0 Å². The van der Waals surface area contributed by atoms with Crippen molar-refractivity contribution >= 4 is 33.7 Å². The molecule has 0 radical (unpaired) electrons. The average Bonchev–Trinajstić information content (AvgIpc) is 2.79. The van der Waals surface area contributed by atoms with Crippen LogP contribution in [-0.4, -0.2) is 79.2 Å². The van der Waals surface area contributed by atoms with E-state index in [1.54, 1.807) is 13.8 Å². The van der Waals surface area contributed by atoms with Crippen molar-refractivity contribution in [3.63, 3.8) is 0 Å². The molecule has 0 saturated carbocycles. The van der Waals surface area contributed by atoms with Gasteiger partial charge >= 0.3 is 0 Å². The van der Waals surface area contributed by atoms with E-state index in [4.69, 9.17) is 14.2 Å². The van der Waals surface area contributed by atoms with Gasteiger partial charge in [0, 0.05) is 36.2 Å². The van der Waals surface area contributed by atoms with Crippen molar-refractivity contribution in [1.29, 1.82) is 0 Å². The minimum Gasteiger partial charge on any atom is -0.772 e. The second-order valence-corrected chi connectivity index (χ2v) is 11.3. The molecule has 0 aliphatic carbocycles. The van der Waals surface area contributed by atoms with Crippen molar-refractivity contribution in [1.82, 2.24) is 0 Å². The molecule has 0 bridgehead atoms. The smallest absolute Gasteiger partial charge is 0.133 e. The fraction of sp³-hybridized carbons (Fsp3) is 0.917. The number of hydrogen-bond donors (Lipinski definition) is 0. The Bertz CT molecular complexity index is 578. The van der Waals surface area contributed by atoms with E-state index in [1.165, 1.54) is 0 Å². The second kappa shape index (κ2) is 21.5. The number of unbranched alkanes of at least 4 members (excludes halogenated alkanes) is 2. The van der Waals surface area contributed by atoms with Crippen LogP contribution in [0.25, 0.3) is 0 Å². The average molecular weight is 541 g/mol. The molecule has 0 amide bonds. The highest BCUT2D eigenvalue weighted by atomic mass is 32.2. The van der Waals surface area contributed by atoms with E-state index in [0.29, 0.717) is 12.8 Å². The van der Waals surface area contributed by atoms with E-state index in [2.05, 4.69) is 0 Å². The first-order valence-corrected chi connectivity index (χ1v) is 14.8. The number of hydrogen-bond acceptors (Lipinski definition) is 9. The van der Waals surface area contributed by atoms with Crippen LogP contribution in [0.15, 0.2) is 0 Å². The van der Waals surface area contributed by atoms with E-state index in [-0.39, 0.29) is 75.9 Å². The van der Waals surface area contributed by atoms with Crippen LogP contribution in [0.3, 0.4) is 0 Å². The van der Waals surface area contributed by atoms with Crippen LogP contribution in [-0.2, 0) is 46.0 Å². The molecule has 6 unspecified atom stereocenters. The Hall–Kier alpha value is -0.560.